The number of carbonyl (C=O) groups is 2. The van der Waals surface area contributed by atoms with Crippen LogP contribution in [0.2, 0.25) is 0 Å². The normalized spacial score (nSPS) is 11.5. The van der Waals surface area contributed by atoms with Crippen molar-refractivity contribution >= 4 is 11.9 Å². The highest BCUT2D eigenvalue weighted by molar-refractivity contribution is 5.80. The number of halogens is 1. The van der Waals surface area contributed by atoms with Crippen molar-refractivity contribution in [2.45, 2.75) is 32.4 Å². The van der Waals surface area contributed by atoms with Gasteiger partial charge < -0.3 is 19.9 Å². The lowest BCUT2D eigenvalue weighted by Gasteiger charge is -2.15. The highest BCUT2D eigenvalue weighted by Crippen LogP contribution is 2.14. The molecule has 0 heterocycles. The Balaban J connectivity index is 1.74. The Morgan fingerprint density at radius 1 is 1.07 bits per heavy atom. The number of aliphatic carboxylic acids is 1. The Hall–Kier alpha value is -3.09. The molecule has 0 aliphatic carbocycles. The van der Waals surface area contributed by atoms with Crippen molar-refractivity contribution < 1.29 is 28.6 Å². The summed E-state index contributed by atoms with van der Waals surface area (Å²) in [7, 11) is 0. The van der Waals surface area contributed by atoms with Gasteiger partial charge >= 0.3 is 5.97 Å². The van der Waals surface area contributed by atoms with Gasteiger partial charge in [-0.2, -0.15) is 0 Å². The molecular weight excluding hydrogens is 353 g/mol. The van der Waals surface area contributed by atoms with Gasteiger partial charge in [0.15, 0.2) is 6.10 Å². The molecule has 0 saturated carbocycles. The van der Waals surface area contributed by atoms with Crippen molar-refractivity contribution in [2.75, 3.05) is 6.61 Å². The fourth-order valence-corrected chi connectivity index (χ4v) is 2.22. The Morgan fingerprint density at radius 3 is 2.33 bits per heavy atom. The van der Waals surface area contributed by atoms with Crippen LogP contribution in [0.4, 0.5) is 4.39 Å². The highest BCUT2D eigenvalue weighted by Gasteiger charge is 2.14. The molecule has 0 aliphatic rings. The smallest absolute Gasteiger partial charge is 0.303 e. The van der Waals surface area contributed by atoms with Gasteiger partial charge in [-0.25, -0.2) is 4.39 Å². The molecule has 1 unspecified atom stereocenters. The molecule has 0 radical (unpaired) electrons. The zero-order valence-corrected chi connectivity index (χ0v) is 15.0. The van der Waals surface area contributed by atoms with Gasteiger partial charge in [-0.05, 0) is 55.3 Å². The minimum absolute atomic E-state index is 0.0717. The van der Waals surface area contributed by atoms with E-state index in [9.17, 15) is 14.0 Å². The number of benzene rings is 2. The lowest BCUT2D eigenvalue weighted by Crippen LogP contribution is -2.35. The molecule has 0 spiro atoms. The van der Waals surface area contributed by atoms with Crippen molar-refractivity contribution in [3.05, 3.63) is 59.9 Å². The van der Waals surface area contributed by atoms with E-state index in [0.29, 0.717) is 31.1 Å². The molecule has 6 nitrogen and oxygen atoms in total. The molecule has 1 atom stereocenters. The molecule has 0 bridgehead atoms. The van der Waals surface area contributed by atoms with Gasteiger partial charge in [0.25, 0.3) is 5.91 Å². The van der Waals surface area contributed by atoms with Crippen LogP contribution < -0.4 is 14.8 Å². The Kier molecular flexibility index (Phi) is 7.61. The molecule has 2 N–H and O–H groups in total. The van der Waals surface area contributed by atoms with Crippen LogP contribution in [-0.2, 0) is 16.1 Å². The summed E-state index contributed by atoms with van der Waals surface area (Å²) < 4.78 is 23.8. The van der Waals surface area contributed by atoms with Crippen molar-refractivity contribution in [3.63, 3.8) is 0 Å². The predicted octanol–water partition coefficient (Wildman–Crippen LogP) is 3.15. The van der Waals surface area contributed by atoms with Crippen molar-refractivity contribution in [2.24, 2.45) is 0 Å². The molecule has 27 heavy (non-hydrogen) atoms. The summed E-state index contributed by atoms with van der Waals surface area (Å²) in [5.74, 6) is -0.434. The molecule has 7 heteroatoms. The van der Waals surface area contributed by atoms with Gasteiger partial charge in [0, 0.05) is 13.0 Å². The highest BCUT2D eigenvalue weighted by atomic mass is 19.1. The maximum Gasteiger partial charge on any atom is 0.303 e. The van der Waals surface area contributed by atoms with Gasteiger partial charge in [0.05, 0.1) is 6.61 Å². The first-order valence-electron chi connectivity index (χ1n) is 8.57. The fraction of sp³-hybridized carbons (Fsp3) is 0.300. The third-order valence-corrected chi connectivity index (χ3v) is 3.69. The molecule has 2 aromatic carbocycles. The molecule has 1 amide bonds. The zero-order chi connectivity index (χ0) is 19.6. The first kappa shape index (κ1) is 20.2. The Morgan fingerprint density at radius 2 is 1.70 bits per heavy atom. The third kappa shape index (κ3) is 7.35. The molecule has 2 rings (SSSR count). The Bertz CT molecular complexity index is 746. The van der Waals surface area contributed by atoms with Crippen molar-refractivity contribution in [1.82, 2.24) is 5.32 Å². The summed E-state index contributed by atoms with van der Waals surface area (Å²) in [5.41, 5.74) is 0.884. The SMILES string of the molecule is CC(Oc1ccc(F)cc1)C(=O)NCc1ccc(OCCCC(=O)O)cc1. The average molecular weight is 375 g/mol. The van der Waals surface area contributed by atoms with Crippen LogP contribution in [0.3, 0.4) is 0 Å². The van der Waals surface area contributed by atoms with E-state index in [2.05, 4.69) is 5.32 Å². The summed E-state index contributed by atoms with van der Waals surface area (Å²) in [6.07, 6.45) is -0.200. The van der Waals surface area contributed by atoms with Crippen LogP contribution >= 0.6 is 0 Å². The van der Waals surface area contributed by atoms with E-state index in [1.54, 1.807) is 19.1 Å². The summed E-state index contributed by atoms with van der Waals surface area (Å²) in [5, 5.41) is 11.3. The molecular formula is C20H22FNO5. The second-order valence-electron chi connectivity index (χ2n) is 5.92. The number of amides is 1. The minimum Gasteiger partial charge on any atom is -0.494 e. The van der Waals surface area contributed by atoms with E-state index in [-0.39, 0.29) is 18.1 Å². The number of hydrogen-bond acceptors (Lipinski definition) is 4. The van der Waals surface area contributed by atoms with Crippen LogP contribution in [0.5, 0.6) is 11.5 Å². The van der Waals surface area contributed by atoms with Crippen LogP contribution in [0, 0.1) is 5.82 Å². The molecule has 0 aromatic heterocycles. The second-order valence-corrected chi connectivity index (χ2v) is 5.92. The monoisotopic (exact) mass is 375 g/mol. The van der Waals surface area contributed by atoms with Crippen LogP contribution in [0.25, 0.3) is 0 Å². The lowest BCUT2D eigenvalue weighted by molar-refractivity contribution is -0.137. The number of carbonyl (C=O) groups excluding carboxylic acids is 1. The first-order valence-corrected chi connectivity index (χ1v) is 8.57. The van der Waals surface area contributed by atoms with Gasteiger partial charge in [-0.15, -0.1) is 0 Å². The molecule has 144 valence electrons. The van der Waals surface area contributed by atoms with Gasteiger partial charge in [-0.3, -0.25) is 9.59 Å². The summed E-state index contributed by atoms with van der Waals surface area (Å²) in [6.45, 7) is 2.28. The van der Waals surface area contributed by atoms with Crippen molar-refractivity contribution in [3.8, 4) is 11.5 Å². The third-order valence-electron chi connectivity index (χ3n) is 3.69. The van der Waals surface area contributed by atoms with Crippen molar-refractivity contribution in [1.29, 1.82) is 0 Å². The maximum absolute atomic E-state index is 12.9. The summed E-state index contributed by atoms with van der Waals surface area (Å²) in [4.78, 5) is 22.5. The maximum atomic E-state index is 12.9. The quantitative estimate of drug-likeness (QED) is 0.623. The van der Waals surface area contributed by atoms with E-state index in [4.69, 9.17) is 14.6 Å². The van der Waals surface area contributed by atoms with E-state index in [1.807, 2.05) is 12.1 Å². The van der Waals surface area contributed by atoms with Gasteiger partial charge in [0.1, 0.15) is 17.3 Å². The molecule has 2 aromatic rings. The number of ether oxygens (including phenoxy) is 2. The van der Waals surface area contributed by atoms with Crippen LogP contribution in [0.15, 0.2) is 48.5 Å². The lowest BCUT2D eigenvalue weighted by atomic mass is 10.2. The number of carboxylic acid groups (broad SMARTS) is 1. The average Bonchev–Trinajstić information content (AvgIpc) is 2.66. The minimum atomic E-state index is -0.845. The topological polar surface area (TPSA) is 84.9 Å². The molecule has 0 saturated heterocycles. The van der Waals surface area contributed by atoms with E-state index < -0.39 is 12.1 Å². The number of nitrogens with one attached hydrogen (secondary N) is 1. The summed E-state index contributed by atoms with van der Waals surface area (Å²) >= 11 is 0. The van der Waals surface area contributed by atoms with Crippen LogP contribution in [-0.4, -0.2) is 29.7 Å². The number of hydrogen-bond donors (Lipinski definition) is 2. The predicted molar refractivity (Wildman–Crippen MR) is 97.1 cm³/mol. The fourth-order valence-electron chi connectivity index (χ4n) is 2.22. The first-order chi connectivity index (χ1) is 12.9. The zero-order valence-electron chi connectivity index (χ0n) is 15.0. The molecule has 0 fully saturated rings. The van der Waals surface area contributed by atoms with E-state index >= 15 is 0 Å². The number of rotatable bonds is 10. The van der Waals surface area contributed by atoms with E-state index in [0.717, 1.165) is 5.56 Å². The van der Waals surface area contributed by atoms with Gasteiger partial charge in [0.2, 0.25) is 0 Å². The van der Waals surface area contributed by atoms with E-state index in [1.165, 1.54) is 24.3 Å². The number of carboxylic acids is 1. The molecule has 0 aliphatic heterocycles. The second kappa shape index (κ2) is 10.2. The standard InChI is InChI=1S/C20H22FNO5/c1-14(27-18-10-6-16(21)7-11-18)20(25)22-13-15-4-8-17(9-5-15)26-12-2-3-19(23)24/h4-11,14H,2-3,12-13H2,1H3,(H,22,25)(H,23,24). The van der Waals surface area contributed by atoms with Crippen LogP contribution in [0.1, 0.15) is 25.3 Å². The van der Waals surface area contributed by atoms with Gasteiger partial charge in [-0.1, -0.05) is 12.1 Å². The Labute approximate surface area is 156 Å². The summed E-state index contributed by atoms with van der Waals surface area (Å²) in [6, 6.07) is 12.6. The largest absolute Gasteiger partial charge is 0.494 e.